The SMILES string of the molecule is O=C(COC(=O)c1ccccc1N1C(=O)[C@@H]2C3c4ccccc4C(c4ccccc43)[C@H]2C1=O)NNC(=O)c1ccc(Br)cc1. The number of hydrogen-bond donors (Lipinski definition) is 2. The lowest BCUT2D eigenvalue weighted by Gasteiger charge is -2.45. The number of ether oxygens (including phenoxy) is 1. The number of hydrazine groups is 1. The third-order valence-electron chi connectivity index (χ3n) is 8.57. The molecule has 10 heteroatoms. The van der Waals surface area contributed by atoms with Crippen LogP contribution in [0.25, 0.3) is 0 Å². The van der Waals surface area contributed by atoms with Crippen LogP contribution >= 0.6 is 15.9 Å². The average Bonchev–Trinajstić information content (AvgIpc) is 3.32. The van der Waals surface area contributed by atoms with Crippen LogP contribution in [0.15, 0.2) is 102 Å². The first-order chi connectivity index (χ1) is 21.3. The van der Waals surface area contributed by atoms with Gasteiger partial charge in [0.15, 0.2) is 6.61 Å². The van der Waals surface area contributed by atoms with Crippen molar-refractivity contribution in [1.29, 1.82) is 0 Å². The van der Waals surface area contributed by atoms with Crippen LogP contribution < -0.4 is 15.8 Å². The van der Waals surface area contributed by atoms with Gasteiger partial charge in [-0.3, -0.25) is 30.0 Å². The fourth-order valence-electron chi connectivity index (χ4n) is 6.80. The van der Waals surface area contributed by atoms with Gasteiger partial charge in [-0.2, -0.15) is 0 Å². The highest BCUT2D eigenvalue weighted by molar-refractivity contribution is 9.10. The van der Waals surface area contributed by atoms with E-state index in [1.165, 1.54) is 12.1 Å². The van der Waals surface area contributed by atoms with Crippen molar-refractivity contribution < 1.29 is 28.7 Å². The van der Waals surface area contributed by atoms with Gasteiger partial charge in [0.2, 0.25) is 11.8 Å². The summed E-state index contributed by atoms with van der Waals surface area (Å²) in [7, 11) is 0. The molecule has 218 valence electrons. The molecule has 0 radical (unpaired) electrons. The van der Waals surface area contributed by atoms with Gasteiger partial charge in [0.05, 0.1) is 23.1 Å². The molecule has 1 aliphatic heterocycles. The van der Waals surface area contributed by atoms with Crippen molar-refractivity contribution in [3.05, 3.63) is 135 Å². The van der Waals surface area contributed by atoms with E-state index in [9.17, 15) is 24.0 Å². The van der Waals surface area contributed by atoms with E-state index in [0.717, 1.165) is 31.6 Å². The van der Waals surface area contributed by atoms with Crippen LogP contribution in [0.4, 0.5) is 5.69 Å². The lowest BCUT2D eigenvalue weighted by molar-refractivity contribution is -0.125. The topological polar surface area (TPSA) is 122 Å². The maximum absolute atomic E-state index is 14.1. The van der Waals surface area contributed by atoms with Gasteiger partial charge in [-0.15, -0.1) is 0 Å². The van der Waals surface area contributed by atoms with Gasteiger partial charge in [0, 0.05) is 21.9 Å². The Labute approximate surface area is 260 Å². The molecule has 44 heavy (non-hydrogen) atoms. The van der Waals surface area contributed by atoms with E-state index in [2.05, 4.69) is 26.8 Å². The predicted molar refractivity (Wildman–Crippen MR) is 163 cm³/mol. The third-order valence-corrected chi connectivity index (χ3v) is 9.10. The van der Waals surface area contributed by atoms with Gasteiger partial charge >= 0.3 is 5.97 Å². The number of benzene rings is 4. The van der Waals surface area contributed by atoms with Gasteiger partial charge in [0.1, 0.15) is 0 Å². The summed E-state index contributed by atoms with van der Waals surface area (Å²) in [6, 6.07) is 28.6. The smallest absolute Gasteiger partial charge is 0.340 e. The van der Waals surface area contributed by atoms with E-state index in [1.54, 1.807) is 36.4 Å². The number of halogens is 1. The molecule has 1 saturated heterocycles. The summed E-state index contributed by atoms with van der Waals surface area (Å²) in [6.45, 7) is -0.699. The molecule has 1 heterocycles. The molecule has 9 nitrogen and oxygen atoms in total. The zero-order valence-electron chi connectivity index (χ0n) is 23.0. The van der Waals surface area contributed by atoms with Crippen LogP contribution in [0.5, 0.6) is 0 Å². The van der Waals surface area contributed by atoms with Crippen molar-refractivity contribution in [1.82, 2.24) is 10.9 Å². The third kappa shape index (κ3) is 4.41. The second kappa shape index (κ2) is 10.9. The Morgan fingerprint density at radius 1 is 0.682 bits per heavy atom. The highest BCUT2D eigenvalue weighted by Crippen LogP contribution is 2.61. The van der Waals surface area contributed by atoms with E-state index in [0.29, 0.717) is 5.56 Å². The minimum absolute atomic E-state index is 0.0260. The number of hydrogen-bond acceptors (Lipinski definition) is 6. The maximum Gasteiger partial charge on any atom is 0.340 e. The Morgan fingerprint density at radius 3 is 1.73 bits per heavy atom. The highest BCUT2D eigenvalue weighted by Gasteiger charge is 2.62. The first kappa shape index (κ1) is 27.7. The van der Waals surface area contributed by atoms with E-state index in [1.807, 2.05) is 48.5 Å². The molecule has 2 N–H and O–H groups in total. The number of amides is 4. The second-order valence-electron chi connectivity index (χ2n) is 10.9. The number of nitrogens with one attached hydrogen (secondary N) is 2. The molecule has 8 rings (SSSR count). The van der Waals surface area contributed by atoms with Gasteiger partial charge < -0.3 is 4.74 Å². The van der Waals surface area contributed by atoms with Gasteiger partial charge in [0.25, 0.3) is 11.8 Å². The molecule has 4 aromatic rings. The Bertz CT molecular complexity index is 1760. The molecular formula is C34H24BrN3O6. The standard InChI is InChI=1S/C34H24BrN3O6/c35-19-15-13-18(14-16-19)31(40)37-36-26(39)17-44-34(43)24-11-5-6-12-25(24)38-32(41)29-27-20-7-1-2-8-21(20)28(30(29)33(38)42)23-10-4-3-9-22(23)27/h1-16,27-30H,17H2,(H,36,39)(H,37,40)/t27?,28?,29-,30-/m1/s1. The van der Waals surface area contributed by atoms with Crippen molar-refractivity contribution in [2.24, 2.45) is 11.8 Å². The quantitative estimate of drug-likeness (QED) is 0.187. The first-order valence-electron chi connectivity index (χ1n) is 14.0. The van der Waals surface area contributed by atoms with Crippen molar-refractivity contribution in [2.75, 3.05) is 11.5 Å². The maximum atomic E-state index is 14.1. The van der Waals surface area contributed by atoms with Crippen molar-refractivity contribution in [3.8, 4) is 0 Å². The van der Waals surface area contributed by atoms with Crippen LogP contribution in [-0.4, -0.2) is 36.2 Å². The number of imide groups is 1. The lowest BCUT2D eigenvalue weighted by atomic mass is 9.55. The zero-order valence-corrected chi connectivity index (χ0v) is 24.6. The Hall–Kier alpha value is -5.09. The molecule has 2 bridgehead atoms. The van der Waals surface area contributed by atoms with Crippen LogP contribution in [0.1, 0.15) is 54.8 Å². The fourth-order valence-corrected chi connectivity index (χ4v) is 7.07. The monoisotopic (exact) mass is 649 g/mol. The minimum Gasteiger partial charge on any atom is -0.452 e. The van der Waals surface area contributed by atoms with E-state index >= 15 is 0 Å². The second-order valence-corrected chi connectivity index (χ2v) is 11.8. The molecule has 2 atom stereocenters. The average molecular weight is 650 g/mol. The number of para-hydroxylation sites is 1. The summed E-state index contributed by atoms with van der Waals surface area (Å²) >= 11 is 3.29. The molecule has 3 aliphatic carbocycles. The number of rotatable bonds is 5. The summed E-state index contributed by atoms with van der Waals surface area (Å²) in [4.78, 5) is 67.2. The lowest BCUT2D eigenvalue weighted by Crippen LogP contribution is -2.43. The zero-order chi connectivity index (χ0) is 30.5. The number of esters is 1. The number of anilines is 1. The molecule has 0 aromatic heterocycles. The van der Waals surface area contributed by atoms with Gasteiger partial charge in [-0.1, -0.05) is 76.6 Å². The Kier molecular flexibility index (Phi) is 6.85. The number of nitrogens with zero attached hydrogens (tertiary/aromatic N) is 1. The highest BCUT2D eigenvalue weighted by atomic mass is 79.9. The van der Waals surface area contributed by atoms with Crippen LogP contribution in [0.3, 0.4) is 0 Å². The normalized spacial score (nSPS) is 20.8. The van der Waals surface area contributed by atoms with Crippen LogP contribution in [0, 0.1) is 11.8 Å². The predicted octanol–water partition coefficient (Wildman–Crippen LogP) is 4.46. The minimum atomic E-state index is -0.889. The molecule has 0 saturated carbocycles. The molecular weight excluding hydrogens is 626 g/mol. The molecule has 4 aliphatic rings. The number of carbonyl (C=O) groups excluding carboxylic acids is 5. The number of carbonyl (C=O) groups is 5. The summed E-state index contributed by atoms with van der Waals surface area (Å²) in [6.07, 6.45) is 0. The van der Waals surface area contributed by atoms with Crippen molar-refractivity contribution >= 4 is 51.2 Å². The van der Waals surface area contributed by atoms with Crippen LogP contribution in [-0.2, 0) is 19.1 Å². The van der Waals surface area contributed by atoms with Gasteiger partial charge in [-0.25, -0.2) is 9.69 Å². The fraction of sp³-hybridized carbons (Fsp3) is 0.147. The molecule has 4 aromatic carbocycles. The largest absolute Gasteiger partial charge is 0.452 e. The summed E-state index contributed by atoms with van der Waals surface area (Å²) < 4.78 is 6.03. The Morgan fingerprint density at radius 2 is 1.18 bits per heavy atom. The van der Waals surface area contributed by atoms with Gasteiger partial charge in [-0.05, 0) is 58.7 Å². The van der Waals surface area contributed by atoms with E-state index < -0.39 is 36.2 Å². The molecule has 4 amide bonds. The molecule has 1 fully saturated rings. The molecule has 0 spiro atoms. The summed E-state index contributed by atoms with van der Waals surface area (Å²) in [5, 5.41) is 0. The Balaban J connectivity index is 1.10. The first-order valence-corrected chi connectivity index (χ1v) is 14.8. The van der Waals surface area contributed by atoms with Crippen molar-refractivity contribution in [2.45, 2.75) is 11.8 Å². The summed E-state index contributed by atoms with van der Waals surface area (Å²) in [5.74, 6) is -4.73. The van der Waals surface area contributed by atoms with E-state index in [4.69, 9.17) is 4.74 Å². The van der Waals surface area contributed by atoms with Crippen LogP contribution in [0.2, 0.25) is 0 Å². The molecule has 0 unspecified atom stereocenters. The van der Waals surface area contributed by atoms with Crippen molar-refractivity contribution in [3.63, 3.8) is 0 Å². The van der Waals surface area contributed by atoms with E-state index in [-0.39, 0.29) is 34.9 Å². The summed E-state index contributed by atoms with van der Waals surface area (Å²) in [5.41, 5.74) is 9.07.